The lowest BCUT2D eigenvalue weighted by Crippen LogP contribution is -2.23. The number of rotatable bonds is 7. The van der Waals surface area contributed by atoms with Gasteiger partial charge in [0.15, 0.2) is 5.76 Å². The van der Waals surface area contributed by atoms with Gasteiger partial charge in [-0.2, -0.15) is 0 Å². The summed E-state index contributed by atoms with van der Waals surface area (Å²) in [6.07, 6.45) is 4.59. The molecule has 3 nitrogen and oxygen atoms in total. The van der Waals surface area contributed by atoms with E-state index in [1.165, 1.54) is 12.8 Å². The van der Waals surface area contributed by atoms with E-state index in [1.54, 1.807) is 12.1 Å². The minimum absolute atomic E-state index is 0.117. The number of aryl methyl sites for hydroxylation is 1. The first kappa shape index (κ1) is 13.3. The second-order valence-electron chi connectivity index (χ2n) is 3.77. The molecule has 0 fully saturated rings. The fraction of sp³-hybridized carbons (Fsp3) is 0.583. The van der Waals surface area contributed by atoms with Crippen LogP contribution in [0.4, 0.5) is 0 Å². The van der Waals surface area contributed by atoms with Gasteiger partial charge in [0, 0.05) is 11.9 Å². The predicted molar refractivity (Wildman–Crippen MR) is 68.0 cm³/mol. The van der Waals surface area contributed by atoms with Crippen molar-refractivity contribution < 1.29 is 9.21 Å². The third-order valence-electron chi connectivity index (χ3n) is 2.31. The van der Waals surface area contributed by atoms with Crippen molar-refractivity contribution in [3.05, 3.63) is 23.7 Å². The van der Waals surface area contributed by atoms with E-state index in [2.05, 4.69) is 21.2 Å². The zero-order chi connectivity index (χ0) is 11.8. The fourth-order valence-electron chi connectivity index (χ4n) is 1.42. The number of hydrogen-bond acceptors (Lipinski definition) is 2. The summed E-state index contributed by atoms with van der Waals surface area (Å²) in [7, 11) is 0. The van der Waals surface area contributed by atoms with Crippen LogP contribution in [0.3, 0.4) is 0 Å². The van der Waals surface area contributed by atoms with Gasteiger partial charge in [0.2, 0.25) is 0 Å². The number of hydrogen-bond donors (Lipinski definition) is 1. The van der Waals surface area contributed by atoms with E-state index in [0.29, 0.717) is 5.76 Å². The topological polar surface area (TPSA) is 42.2 Å². The maximum Gasteiger partial charge on any atom is 0.286 e. The fourth-order valence-corrected chi connectivity index (χ4v) is 1.82. The molecule has 0 bridgehead atoms. The normalized spacial score (nSPS) is 10.4. The largest absolute Gasteiger partial charge is 0.456 e. The van der Waals surface area contributed by atoms with E-state index < -0.39 is 0 Å². The Morgan fingerprint density at radius 1 is 1.31 bits per heavy atom. The van der Waals surface area contributed by atoms with Crippen LogP contribution >= 0.6 is 15.9 Å². The van der Waals surface area contributed by atoms with Crippen molar-refractivity contribution in [3.63, 3.8) is 0 Å². The van der Waals surface area contributed by atoms with Crippen LogP contribution in [0.2, 0.25) is 0 Å². The Morgan fingerprint density at radius 2 is 2.06 bits per heavy atom. The highest BCUT2D eigenvalue weighted by molar-refractivity contribution is 9.09. The summed E-state index contributed by atoms with van der Waals surface area (Å²) in [6.45, 7) is 2.55. The summed E-state index contributed by atoms with van der Waals surface area (Å²) >= 11 is 3.39. The maximum absolute atomic E-state index is 11.5. The molecule has 4 heteroatoms. The van der Waals surface area contributed by atoms with Crippen LogP contribution in [-0.4, -0.2) is 17.8 Å². The lowest BCUT2D eigenvalue weighted by Gasteiger charge is -2.02. The summed E-state index contributed by atoms with van der Waals surface area (Å²) in [4.78, 5) is 11.5. The number of carbonyl (C=O) groups is 1. The van der Waals surface area contributed by atoms with Gasteiger partial charge in [-0.3, -0.25) is 4.79 Å². The van der Waals surface area contributed by atoms with Crippen LogP contribution in [0.1, 0.15) is 42.0 Å². The van der Waals surface area contributed by atoms with E-state index in [4.69, 9.17) is 4.42 Å². The van der Waals surface area contributed by atoms with Gasteiger partial charge in [-0.1, -0.05) is 28.8 Å². The molecule has 0 atom stereocenters. The Morgan fingerprint density at radius 3 is 2.69 bits per heavy atom. The van der Waals surface area contributed by atoms with Crippen molar-refractivity contribution in [1.29, 1.82) is 0 Å². The first-order valence-corrected chi connectivity index (χ1v) is 6.77. The SMILES string of the molecule is Cc1ccc(C(=O)NCCCCCCBr)o1. The molecule has 0 spiro atoms. The number of nitrogens with one attached hydrogen (secondary N) is 1. The summed E-state index contributed by atoms with van der Waals surface area (Å²) < 4.78 is 5.22. The van der Waals surface area contributed by atoms with E-state index in [0.717, 1.165) is 30.5 Å². The minimum Gasteiger partial charge on any atom is -0.456 e. The van der Waals surface area contributed by atoms with Crippen molar-refractivity contribution in [2.24, 2.45) is 0 Å². The lowest BCUT2D eigenvalue weighted by molar-refractivity contribution is 0.0924. The van der Waals surface area contributed by atoms with E-state index in [9.17, 15) is 4.79 Å². The van der Waals surface area contributed by atoms with Gasteiger partial charge in [0.1, 0.15) is 5.76 Å². The molecule has 1 rings (SSSR count). The number of alkyl halides is 1. The summed E-state index contributed by atoms with van der Waals surface area (Å²) in [6, 6.07) is 3.50. The third-order valence-corrected chi connectivity index (χ3v) is 2.87. The van der Waals surface area contributed by atoms with Crippen LogP contribution in [0.25, 0.3) is 0 Å². The van der Waals surface area contributed by atoms with E-state index in [1.807, 2.05) is 6.92 Å². The summed E-state index contributed by atoms with van der Waals surface area (Å²) in [5.41, 5.74) is 0. The molecule has 90 valence electrons. The van der Waals surface area contributed by atoms with Crippen LogP contribution in [0, 0.1) is 6.92 Å². The number of halogens is 1. The van der Waals surface area contributed by atoms with Crippen molar-refractivity contribution in [1.82, 2.24) is 5.32 Å². The Hall–Kier alpha value is -0.770. The third kappa shape index (κ3) is 4.84. The van der Waals surface area contributed by atoms with Crippen LogP contribution < -0.4 is 5.32 Å². The van der Waals surface area contributed by atoms with Gasteiger partial charge in [-0.05, 0) is 31.9 Å². The first-order valence-electron chi connectivity index (χ1n) is 5.64. The molecule has 1 aromatic heterocycles. The number of carbonyl (C=O) groups excluding carboxylic acids is 1. The smallest absolute Gasteiger partial charge is 0.286 e. The van der Waals surface area contributed by atoms with Gasteiger partial charge in [-0.15, -0.1) is 0 Å². The molecule has 0 aliphatic rings. The van der Waals surface area contributed by atoms with Gasteiger partial charge in [0.05, 0.1) is 0 Å². The molecule has 0 radical (unpaired) electrons. The van der Waals surface area contributed by atoms with E-state index >= 15 is 0 Å². The molecule has 0 saturated heterocycles. The standard InChI is InChI=1S/C12H18BrNO2/c1-10-6-7-11(16-10)12(15)14-9-5-3-2-4-8-13/h6-7H,2-5,8-9H2,1H3,(H,14,15). The highest BCUT2D eigenvalue weighted by atomic mass is 79.9. The number of amides is 1. The Bertz CT molecular complexity index is 323. The lowest BCUT2D eigenvalue weighted by atomic mass is 10.2. The van der Waals surface area contributed by atoms with Gasteiger partial charge in [-0.25, -0.2) is 0 Å². The molecular formula is C12H18BrNO2. The van der Waals surface area contributed by atoms with E-state index in [-0.39, 0.29) is 5.91 Å². The molecule has 1 aromatic rings. The molecule has 0 aliphatic carbocycles. The van der Waals surface area contributed by atoms with Crippen molar-refractivity contribution >= 4 is 21.8 Å². The zero-order valence-corrected chi connectivity index (χ0v) is 11.2. The molecule has 0 aliphatic heterocycles. The zero-order valence-electron chi connectivity index (χ0n) is 9.59. The van der Waals surface area contributed by atoms with Crippen LogP contribution in [-0.2, 0) is 0 Å². The number of unbranched alkanes of at least 4 members (excludes halogenated alkanes) is 3. The maximum atomic E-state index is 11.5. The number of furan rings is 1. The van der Waals surface area contributed by atoms with Gasteiger partial charge < -0.3 is 9.73 Å². The summed E-state index contributed by atoms with van der Waals surface area (Å²) in [5, 5.41) is 3.91. The second-order valence-corrected chi connectivity index (χ2v) is 4.56. The highest BCUT2D eigenvalue weighted by Crippen LogP contribution is 2.06. The molecule has 0 unspecified atom stereocenters. The van der Waals surface area contributed by atoms with Gasteiger partial charge >= 0.3 is 0 Å². The second kappa shape index (κ2) is 7.49. The molecule has 1 heterocycles. The van der Waals surface area contributed by atoms with Crippen molar-refractivity contribution in [3.8, 4) is 0 Å². The minimum atomic E-state index is -0.117. The Labute approximate surface area is 105 Å². The average molecular weight is 288 g/mol. The average Bonchev–Trinajstić information content (AvgIpc) is 2.70. The molecule has 1 N–H and O–H groups in total. The van der Waals surface area contributed by atoms with Crippen molar-refractivity contribution in [2.75, 3.05) is 11.9 Å². The first-order chi connectivity index (χ1) is 7.74. The monoisotopic (exact) mass is 287 g/mol. The quantitative estimate of drug-likeness (QED) is 0.618. The predicted octanol–water partition coefficient (Wildman–Crippen LogP) is 3.27. The summed E-state index contributed by atoms with van der Waals surface area (Å²) in [5.74, 6) is 1.05. The molecule has 1 amide bonds. The van der Waals surface area contributed by atoms with Crippen molar-refractivity contribution in [2.45, 2.75) is 32.6 Å². The van der Waals surface area contributed by atoms with Gasteiger partial charge in [0.25, 0.3) is 5.91 Å². The Kier molecular flexibility index (Phi) is 6.23. The van der Waals surface area contributed by atoms with Crippen LogP contribution in [0.15, 0.2) is 16.5 Å². The molecule has 0 aromatic carbocycles. The molecule has 16 heavy (non-hydrogen) atoms. The molecule has 0 saturated carbocycles. The highest BCUT2D eigenvalue weighted by Gasteiger charge is 2.08. The van der Waals surface area contributed by atoms with Crippen LogP contribution in [0.5, 0.6) is 0 Å². The molecular weight excluding hydrogens is 270 g/mol. The Balaban J connectivity index is 2.11.